The number of halogens is 3. The largest absolute Gasteiger partial charge is 0.410 e. The van der Waals surface area contributed by atoms with Gasteiger partial charge in [-0.05, 0) is 43.4 Å². The molecule has 0 unspecified atom stereocenters. The zero-order valence-electron chi connectivity index (χ0n) is 16.9. The summed E-state index contributed by atoms with van der Waals surface area (Å²) in [6.07, 6.45) is 2.34. The minimum atomic E-state index is -4.31. The Bertz CT molecular complexity index is 817. The summed E-state index contributed by atoms with van der Waals surface area (Å²) in [5.41, 5.74) is 1.84. The van der Waals surface area contributed by atoms with Crippen LogP contribution in [0.1, 0.15) is 62.9 Å². The Balaban J connectivity index is 1.63. The molecule has 0 radical (unpaired) electrons. The topological polar surface area (TPSA) is 46.0 Å². The Morgan fingerprint density at radius 3 is 2.79 bits per heavy atom. The maximum atomic E-state index is 13.8. The van der Waals surface area contributed by atoms with Gasteiger partial charge in [0, 0.05) is 31.0 Å². The number of nitrogens with zero attached hydrogens (tertiary/aromatic N) is 4. The maximum absolute atomic E-state index is 13.8. The van der Waals surface area contributed by atoms with Gasteiger partial charge in [0.15, 0.2) is 6.04 Å². The van der Waals surface area contributed by atoms with Gasteiger partial charge in [-0.1, -0.05) is 26.3 Å². The van der Waals surface area contributed by atoms with E-state index < -0.39 is 12.2 Å². The van der Waals surface area contributed by atoms with Crippen molar-refractivity contribution in [3.05, 3.63) is 41.9 Å². The van der Waals surface area contributed by atoms with Crippen LogP contribution in [0.5, 0.6) is 0 Å². The smallest absolute Gasteiger partial charge is 0.367 e. The number of pyridine rings is 1. The predicted molar refractivity (Wildman–Crippen MR) is 105 cm³/mol. The molecule has 0 saturated carbocycles. The van der Waals surface area contributed by atoms with Crippen LogP contribution < -0.4 is 5.32 Å². The molecule has 3 atom stereocenters. The molecule has 4 rings (SSSR count). The molecular weight excluding hydrogens is 379 g/mol. The van der Waals surface area contributed by atoms with E-state index in [2.05, 4.69) is 20.3 Å². The van der Waals surface area contributed by atoms with Gasteiger partial charge in [-0.25, -0.2) is 4.68 Å². The van der Waals surface area contributed by atoms with Gasteiger partial charge in [-0.15, -0.1) is 0 Å². The molecule has 0 spiro atoms. The average Bonchev–Trinajstić information content (AvgIpc) is 3.11. The van der Waals surface area contributed by atoms with Gasteiger partial charge in [-0.2, -0.15) is 18.3 Å². The maximum Gasteiger partial charge on any atom is 0.410 e. The van der Waals surface area contributed by atoms with Crippen molar-refractivity contribution in [3.8, 4) is 0 Å². The molecular formula is C21H28F3N5. The number of anilines is 1. The highest BCUT2D eigenvalue weighted by Gasteiger charge is 2.47. The first kappa shape index (κ1) is 20.2. The van der Waals surface area contributed by atoms with E-state index in [1.807, 2.05) is 38.2 Å². The number of alkyl halides is 3. The lowest BCUT2D eigenvalue weighted by Crippen LogP contribution is -2.41. The van der Waals surface area contributed by atoms with E-state index in [-0.39, 0.29) is 24.4 Å². The van der Waals surface area contributed by atoms with Crippen LogP contribution in [0.4, 0.5) is 19.0 Å². The van der Waals surface area contributed by atoms with Crippen LogP contribution in [-0.2, 0) is 6.54 Å². The van der Waals surface area contributed by atoms with Crippen LogP contribution in [0.15, 0.2) is 30.6 Å². The van der Waals surface area contributed by atoms with Crippen molar-refractivity contribution < 1.29 is 13.2 Å². The van der Waals surface area contributed by atoms with Crippen molar-refractivity contribution in [1.29, 1.82) is 0 Å². The number of hydrogen-bond acceptors (Lipinski definition) is 4. The molecule has 2 aliphatic rings. The van der Waals surface area contributed by atoms with Gasteiger partial charge in [0.25, 0.3) is 0 Å². The molecule has 4 heterocycles. The van der Waals surface area contributed by atoms with Crippen LogP contribution >= 0.6 is 0 Å². The van der Waals surface area contributed by atoms with Crippen LogP contribution in [0.3, 0.4) is 0 Å². The number of hydrogen-bond donors (Lipinski definition) is 1. The van der Waals surface area contributed by atoms with E-state index in [1.165, 1.54) is 4.68 Å². The lowest BCUT2D eigenvalue weighted by Gasteiger charge is -2.35. The number of piperidine rings is 1. The van der Waals surface area contributed by atoms with Crippen molar-refractivity contribution in [2.24, 2.45) is 5.92 Å². The van der Waals surface area contributed by atoms with Crippen molar-refractivity contribution in [2.75, 3.05) is 11.9 Å². The van der Waals surface area contributed by atoms with Crippen molar-refractivity contribution in [3.63, 3.8) is 0 Å². The average molecular weight is 407 g/mol. The van der Waals surface area contributed by atoms with Crippen molar-refractivity contribution in [1.82, 2.24) is 19.7 Å². The molecule has 1 fully saturated rings. The van der Waals surface area contributed by atoms with E-state index in [0.29, 0.717) is 5.82 Å². The molecule has 2 aromatic heterocycles. The molecule has 158 valence electrons. The highest BCUT2D eigenvalue weighted by molar-refractivity contribution is 5.42. The number of likely N-dealkylation sites (tertiary alicyclic amines) is 1. The fraction of sp³-hybridized carbons (Fsp3) is 0.619. The monoisotopic (exact) mass is 407 g/mol. The van der Waals surface area contributed by atoms with Gasteiger partial charge in [-0.3, -0.25) is 9.88 Å². The van der Waals surface area contributed by atoms with Crippen LogP contribution in [0.25, 0.3) is 0 Å². The normalized spacial score (nSPS) is 25.7. The number of fused-ring (bicyclic) bond motifs is 1. The van der Waals surface area contributed by atoms with Crippen LogP contribution in [-0.4, -0.2) is 38.4 Å². The molecule has 2 aliphatic heterocycles. The molecule has 0 amide bonds. The summed E-state index contributed by atoms with van der Waals surface area (Å²) in [5, 5.41) is 7.78. The van der Waals surface area contributed by atoms with Crippen LogP contribution in [0.2, 0.25) is 0 Å². The quantitative estimate of drug-likeness (QED) is 0.779. The molecule has 29 heavy (non-hydrogen) atoms. The third-order valence-corrected chi connectivity index (χ3v) is 6.11. The molecule has 5 nitrogen and oxygen atoms in total. The Morgan fingerprint density at radius 2 is 2.10 bits per heavy atom. The summed E-state index contributed by atoms with van der Waals surface area (Å²) >= 11 is 0. The first-order chi connectivity index (χ1) is 13.8. The van der Waals surface area contributed by atoms with Gasteiger partial charge in [0.05, 0.1) is 11.7 Å². The molecule has 0 bridgehead atoms. The Labute approximate surface area is 169 Å². The highest BCUT2D eigenvalue weighted by Crippen LogP contribution is 2.42. The standard InChI is InChI=1S/C21H28F3N5/c1-14(2)16-10-19(21(22,23)24)29-20(26-16)11-17(27-29)18-7-3-4-9-28(18)13-15-6-5-8-25-12-15/h5-6,8,11-12,14,16,18-19,26H,3-4,7,9-10,13H2,1-2H3/t16-,18-,19+/m0/s1. The lowest BCUT2D eigenvalue weighted by atomic mass is 9.94. The Hall–Kier alpha value is -2.09. The first-order valence-corrected chi connectivity index (χ1v) is 10.4. The lowest BCUT2D eigenvalue weighted by molar-refractivity contribution is -0.174. The minimum absolute atomic E-state index is 0.0132. The summed E-state index contributed by atoms with van der Waals surface area (Å²) in [6, 6.07) is 4.01. The molecule has 1 N–H and O–H groups in total. The van der Waals surface area contributed by atoms with E-state index in [0.717, 1.165) is 43.6 Å². The van der Waals surface area contributed by atoms with Crippen LogP contribution in [0, 0.1) is 5.92 Å². The van der Waals surface area contributed by atoms with Gasteiger partial charge in [0.1, 0.15) is 5.82 Å². The second-order valence-electron chi connectivity index (χ2n) is 8.53. The van der Waals surface area contributed by atoms with Gasteiger partial charge < -0.3 is 5.32 Å². The molecule has 8 heteroatoms. The summed E-state index contributed by atoms with van der Waals surface area (Å²) < 4.78 is 42.5. The van der Waals surface area contributed by atoms with E-state index in [9.17, 15) is 13.2 Å². The third kappa shape index (κ3) is 4.27. The molecule has 2 aromatic rings. The predicted octanol–water partition coefficient (Wildman–Crippen LogP) is 4.95. The summed E-state index contributed by atoms with van der Waals surface area (Å²) in [6.45, 7) is 5.54. The molecule has 0 aliphatic carbocycles. The van der Waals surface area contributed by atoms with E-state index in [4.69, 9.17) is 0 Å². The zero-order valence-corrected chi connectivity index (χ0v) is 16.9. The fourth-order valence-electron chi connectivity index (χ4n) is 4.46. The molecule has 1 saturated heterocycles. The summed E-state index contributed by atoms with van der Waals surface area (Å²) in [4.78, 5) is 6.50. The third-order valence-electron chi connectivity index (χ3n) is 6.11. The fourth-order valence-corrected chi connectivity index (χ4v) is 4.46. The summed E-state index contributed by atoms with van der Waals surface area (Å²) in [7, 11) is 0. The number of aromatic nitrogens is 3. The van der Waals surface area contributed by atoms with E-state index >= 15 is 0 Å². The second-order valence-corrected chi connectivity index (χ2v) is 8.53. The second kappa shape index (κ2) is 7.97. The Morgan fingerprint density at radius 1 is 1.28 bits per heavy atom. The van der Waals surface area contributed by atoms with Gasteiger partial charge >= 0.3 is 6.18 Å². The SMILES string of the molecule is CC(C)[C@@H]1C[C@H](C(F)(F)F)n2nc([C@@H]3CCCCN3Cc3cccnc3)cc2N1. The van der Waals surface area contributed by atoms with Crippen molar-refractivity contribution in [2.45, 2.75) is 70.4 Å². The number of nitrogens with one attached hydrogen (secondary N) is 1. The Kier molecular flexibility index (Phi) is 5.55. The van der Waals surface area contributed by atoms with Gasteiger partial charge in [0.2, 0.25) is 0 Å². The minimum Gasteiger partial charge on any atom is -0.367 e. The molecule has 0 aromatic carbocycles. The number of rotatable bonds is 4. The van der Waals surface area contributed by atoms with E-state index in [1.54, 1.807) is 6.20 Å². The van der Waals surface area contributed by atoms with Crippen molar-refractivity contribution >= 4 is 5.82 Å². The zero-order chi connectivity index (χ0) is 20.6. The summed E-state index contributed by atoms with van der Waals surface area (Å²) in [5.74, 6) is 0.600. The first-order valence-electron chi connectivity index (χ1n) is 10.4. The highest BCUT2D eigenvalue weighted by atomic mass is 19.4.